The molecule has 8 heteroatoms. The Balaban J connectivity index is 1.49. The van der Waals surface area contributed by atoms with Gasteiger partial charge >= 0.3 is 5.97 Å². The zero-order chi connectivity index (χ0) is 23.3. The van der Waals surface area contributed by atoms with E-state index >= 15 is 0 Å². The average molecular weight is 468 g/mol. The monoisotopic (exact) mass is 467 g/mol. The fourth-order valence-electron chi connectivity index (χ4n) is 5.79. The van der Waals surface area contributed by atoms with Crippen LogP contribution in [0.1, 0.15) is 47.7 Å². The Morgan fingerprint density at radius 1 is 1.27 bits per heavy atom. The van der Waals surface area contributed by atoms with Gasteiger partial charge in [0.1, 0.15) is 5.54 Å². The lowest BCUT2D eigenvalue weighted by Gasteiger charge is -2.36. The predicted octanol–water partition coefficient (Wildman–Crippen LogP) is 4.10. The molecular formula is C25H26ClN3O4. The lowest BCUT2D eigenvalue weighted by molar-refractivity contribution is -0.135. The maximum atomic E-state index is 13.6. The first-order chi connectivity index (χ1) is 15.9. The molecular weight excluding hydrogens is 442 g/mol. The summed E-state index contributed by atoms with van der Waals surface area (Å²) in [6, 6.07) is 10.4. The van der Waals surface area contributed by atoms with Gasteiger partial charge in [-0.15, -0.1) is 0 Å². The molecule has 0 bridgehead atoms. The smallest absolute Gasteiger partial charge is 0.338 e. The van der Waals surface area contributed by atoms with E-state index in [-0.39, 0.29) is 17.9 Å². The number of carbonyl (C=O) groups is 3. The van der Waals surface area contributed by atoms with E-state index in [2.05, 4.69) is 15.5 Å². The molecule has 3 aliphatic heterocycles. The normalized spacial score (nSPS) is 25.6. The molecule has 2 saturated heterocycles. The van der Waals surface area contributed by atoms with Gasteiger partial charge < -0.3 is 15.4 Å². The summed E-state index contributed by atoms with van der Waals surface area (Å²) in [5.74, 6) is -1.34. The molecule has 7 nitrogen and oxygen atoms in total. The van der Waals surface area contributed by atoms with E-state index in [0.29, 0.717) is 29.3 Å². The van der Waals surface area contributed by atoms with Crippen LogP contribution in [0.2, 0.25) is 5.02 Å². The van der Waals surface area contributed by atoms with Gasteiger partial charge in [-0.25, -0.2) is 4.79 Å². The van der Waals surface area contributed by atoms with Crippen molar-refractivity contribution in [1.82, 2.24) is 4.90 Å². The van der Waals surface area contributed by atoms with Crippen molar-refractivity contribution in [2.75, 3.05) is 23.8 Å². The van der Waals surface area contributed by atoms with Gasteiger partial charge in [0.05, 0.1) is 18.1 Å². The van der Waals surface area contributed by atoms with Gasteiger partial charge in [0.2, 0.25) is 11.8 Å². The van der Waals surface area contributed by atoms with E-state index in [1.807, 2.05) is 19.1 Å². The Kier molecular flexibility index (Phi) is 5.41. The minimum absolute atomic E-state index is 0.162. The topological polar surface area (TPSA) is 87.7 Å². The van der Waals surface area contributed by atoms with Crippen molar-refractivity contribution in [3.63, 3.8) is 0 Å². The van der Waals surface area contributed by atoms with Crippen LogP contribution in [-0.4, -0.2) is 41.9 Å². The quantitative estimate of drug-likeness (QED) is 0.661. The Hall–Kier alpha value is -2.90. The zero-order valence-corrected chi connectivity index (χ0v) is 19.4. The van der Waals surface area contributed by atoms with Crippen molar-refractivity contribution in [1.29, 1.82) is 0 Å². The average Bonchev–Trinajstić information content (AvgIpc) is 3.44. The van der Waals surface area contributed by atoms with E-state index in [1.165, 1.54) is 0 Å². The van der Waals surface area contributed by atoms with Crippen molar-refractivity contribution < 1.29 is 19.1 Å². The van der Waals surface area contributed by atoms with Crippen LogP contribution in [0.15, 0.2) is 36.4 Å². The summed E-state index contributed by atoms with van der Waals surface area (Å²) in [6.45, 7) is 4.73. The standard InChI is InChI=1S/C25H26ClN3O4/c1-3-33-23(31)15-6-8-17(9-7-15)27-22(30)20-13-18-5-4-10-29(18)25(20)19-12-16(26)11-14(2)21(19)28-24(25)32/h6-9,11-12,18,20H,3-5,10,13H2,1-2H3,(H,27,30)(H,28,32)/t18-,20+,25-/m1/s1. The summed E-state index contributed by atoms with van der Waals surface area (Å²) in [5.41, 5.74) is 2.35. The molecule has 3 heterocycles. The number of hydrogen-bond donors (Lipinski definition) is 2. The van der Waals surface area contributed by atoms with Crippen molar-refractivity contribution >= 4 is 40.8 Å². The molecule has 2 amide bonds. The molecule has 5 rings (SSSR count). The highest BCUT2D eigenvalue weighted by Gasteiger charge is 2.65. The molecule has 2 fully saturated rings. The van der Waals surface area contributed by atoms with Gasteiger partial charge in [0.25, 0.3) is 0 Å². The van der Waals surface area contributed by atoms with Crippen LogP contribution in [-0.2, 0) is 19.9 Å². The van der Waals surface area contributed by atoms with Crippen LogP contribution in [0.3, 0.4) is 0 Å². The molecule has 3 aliphatic rings. The van der Waals surface area contributed by atoms with E-state index in [9.17, 15) is 14.4 Å². The predicted molar refractivity (Wildman–Crippen MR) is 125 cm³/mol. The van der Waals surface area contributed by atoms with Crippen LogP contribution in [0, 0.1) is 12.8 Å². The molecule has 0 unspecified atom stereocenters. The van der Waals surface area contributed by atoms with Gasteiger partial charge in [-0.05, 0) is 81.6 Å². The summed E-state index contributed by atoms with van der Waals surface area (Å²) in [7, 11) is 0. The largest absolute Gasteiger partial charge is 0.462 e. The molecule has 0 radical (unpaired) electrons. The number of rotatable bonds is 4. The third kappa shape index (κ3) is 3.33. The van der Waals surface area contributed by atoms with Gasteiger partial charge in [0, 0.05) is 28.0 Å². The van der Waals surface area contributed by atoms with Crippen molar-refractivity contribution in [3.05, 3.63) is 58.1 Å². The molecule has 2 aromatic rings. The number of aryl methyl sites for hydroxylation is 1. The van der Waals surface area contributed by atoms with E-state index in [4.69, 9.17) is 16.3 Å². The van der Waals surface area contributed by atoms with Gasteiger partial charge in [-0.1, -0.05) is 11.6 Å². The summed E-state index contributed by atoms with van der Waals surface area (Å²) in [6.07, 6.45) is 2.56. The number of nitrogens with zero attached hydrogens (tertiary/aromatic N) is 1. The van der Waals surface area contributed by atoms with E-state index < -0.39 is 17.4 Å². The molecule has 1 spiro atoms. The first-order valence-electron chi connectivity index (χ1n) is 11.3. The molecule has 0 aromatic heterocycles. The Bertz CT molecular complexity index is 1150. The number of halogens is 1. The van der Waals surface area contributed by atoms with Gasteiger partial charge in [-0.2, -0.15) is 0 Å². The fraction of sp³-hybridized carbons (Fsp3) is 0.400. The van der Waals surface area contributed by atoms with Crippen LogP contribution in [0.4, 0.5) is 11.4 Å². The molecule has 0 aliphatic carbocycles. The number of nitrogens with one attached hydrogen (secondary N) is 2. The van der Waals surface area contributed by atoms with Gasteiger partial charge in [-0.3, -0.25) is 14.5 Å². The second-order valence-electron chi connectivity index (χ2n) is 8.93. The molecule has 2 N–H and O–H groups in total. The second-order valence-corrected chi connectivity index (χ2v) is 9.37. The number of esters is 1. The van der Waals surface area contributed by atoms with Crippen molar-refractivity contribution in [2.45, 2.75) is 44.7 Å². The van der Waals surface area contributed by atoms with Crippen LogP contribution in [0.5, 0.6) is 0 Å². The van der Waals surface area contributed by atoms with Gasteiger partial charge in [0.15, 0.2) is 0 Å². The van der Waals surface area contributed by atoms with Crippen LogP contribution in [0.25, 0.3) is 0 Å². The number of hydrogen-bond acceptors (Lipinski definition) is 5. The summed E-state index contributed by atoms with van der Waals surface area (Å²) in [4.78, 5) is 41.3. The van der Waals surface area contributed by atoms with Crippen molar-refractivity contribution in [2.24, 2.45) is 5.92 Å². The zero-order valence-electron chi connectivity index (χ0n) is 18.6. The lowest BCUT2D eigenvalue weighted by Crippen LogP contribution is -2.53. The summed E-state index contributed by atoms with van der Waals surface area (Å²) < 4.78 is 5.01. The molecule has 33 heavy (non-hydrogen) atoms. The van der Waals surface area contributed by atoms with Crippen LogP contribution < -0.4 is 10.6 Å². The highest BCUT2D eigenvalue weighted by atomic mass is 35.5. The maximum Gasteiger partial charge on any atom is 0.338 e. The highest BCUT2D eigenvalue weighted by molar-refractivity contribution is 6.31. The number of amides is 2. The third-order valence-corrected chi connectivity index (χ3v) is 7.34. The highest BCUT2D eigenvalue weighted by Crippen LogP contribution is 2.56. The first-order valence-corrected chi connectivity index (χ1v) is 11.7. The minimum Gasteiger partial charge on any atom is -0.462 e. The van der Waals surface area contributed by atoms with Crippen LogP contribution >= 0.6 is 11.6 Å². The van der Waals surface area contributed by atoms with E-state index in [1.54, 1.807) is 31.2 Å². The Labute approximate surface area is 197 Å². The number of fused-ring (bicyclic) bond motifs is 4. The fourth-order valence-corrected chi connectivity index (χ4v) is 6.06. The maximum absolute atomic E-state index is 13.6. The summed E-state index contributed by atoms with van der Waals surface area (Å²) >= 11 is 6.40. The summed E-state index contributed by atoms with van der Waals surface area (Å²) in [5, 5.41) is 6.57. The Morgan fingerprint density at radius 3 is 2.76 bits per heavy atom. The van der Waals surface area contributed by atoms with Crippen molar-refractivity contribution in [3.8, 4) is 0 Å². The third-order valence-electron chi connectivity index (χ3n) is 7.12. The lowest BCUT2D eigenvalue weighted by atomic mass is 9.78. The number of benzene rings is 2. The van der Waals surface area contributed by atoms with E-state index in [0.717, 1.165) is 36.2 Å². The second kappa shape index (κ2) is 8.15. The number of ether oxygens (including phenoxy) is 1. The SMILES string of the molecule is CCOC(=O)c1ccc(NC(=O)[C@@H]2C[C@H]3CCCN3[C@@]23C(=O)Nc2c(C)cc(Cl)cc23)cc1. The molecule has 0 saturated carbocycles. The number of anilines is 2. The Morgan fingerprint density at radius 2 is 2.03 bits per heavy atom. The molecule has 172 valence electrons. The first kappa shape index (κ1) is 21.9. The number of carbonyl (C=O) groups excluding carboxylic acids is 3. The molecule has 2 aromatic carbocycles. The molecule has 3 atom stereocenters. The minimum atomic E-state index is -1.07.